The van der Waals surface area contributed by atoms with E-state index >= 15 is 0 Å². The number of carbonyl (C=O) groups is 1. The van der Waals surface area contributed by atoms with Crippen LogP contribution in [0.3, 0.4) is 0 Å². The minimum atomic E-state index is -0.293. The molecule has 0 radical (unpaired) electrons. The topological polar surface area (TPSA) is 100 Å². The molecule has 23 heavy (non-hydrogen) atoms. The van der Waals surface area contributed by atoms with Gasteiger partial charge in [0.1, 0.15) is 17.8 Å². The molecule has 0 aliphatic carbocycles. The summed E-state index contributed by atoms with van der Waals surface area (Å²) in [6, 6.07) is 1.71. The summed E-state index contributed by atoms with van der Waals surface area (Å²) in [7, 11) is 2.09. The van der Waals surface area contributed by atoms with Gasteiger partial charge in [-0.2, -0.15) is 0 Å². The van der Waals surface area contributed by atoms with Crippen molar-refractivity contribution < 1.29 is 9.21 Å². The van der Waals surface area contributed by atoms with Crippen LogP contribution in [0.2, 0.25) is 0 Å². The van der Waals surface area contributed by atoms with E-state index in [0.717, 1.165) is 32.0 Å². The lowest BCUT2D eigenvalue weighted by Gasteiger charge is -2.33. The summed E-state index contributed by atoms with van der Waals surface area (Å²) in [4.78, 5) is 24.9. The molecule has 1 aliphatic rings. The van der Waals surface area contributed by atoms with Crippen molar-refractivity contribution in [3.8, 4) is 0 Å². The van der Waals surface area contributed by atoms with E-state index in [9.17, 15) is 4.79 Å². The molecule has 0 unspecified atom stereocenters. The largest absolute Gasteiger partial charge is 0.424 e. The predicted molar refractivity (Wildman–Crippen MR) is 81.9 cm³/mol. The summed E-state index contributed by atoms with van der Waals surface area (Å²) >= 11 is 0. The summed E-state index contributed by atoms with van der Waals surface area (Å²) in [6.45, 7) is 5.59. The van der Waals surface area contributed by atoms with Crippen LogP contribution < -0.4 is 10.2 Å². The summed E-state index contributed by atoms with van der Waals surface area (Å²) in [6.07, 6.45) is 1.42. The zero-order chi connectivity index (χ0) is 16.2. The lowest BCUT2D eigenvalue weighted by molar-refractivity contribution is 0.0942. The van der Waals surface area contributed by atoms with Crippen molar-refractivity contribution in [3.63, 3.8) is 0 Å². The van der Waals surface area contributed by atoms with Crippen molar-refractivity contribution in [3.05, 3.63) is 29.9 Å². The average Bonchev–Trinajstić information content (AvgIpc) is 2.99. The second-order valence-electron chi connectivity index (χ2n) is 5.45. The van der Waals surface area contributed by atoms with Gasteiger partial charge in [0.05, 0.1) is 6.54 Å². The van der Waals surface area contributed by atoms with Crippen LogP contribution in [-0.4, -0.2) is 64.2 Å². The molecule has 2 aromatic heterocycles. The second-order valence-corrected chi connectivity index (χ2v) is 5.45. The van der Waals surface area contributed by atoms with Crippen LogP contribution in [0.5, 0.6) is 0 Å². The normalized spacial score (nSPS) is 15.7. The molecule has 1 amide bonds. The highest BCUT2D eigenvalue weighted by atomic mass is 16.4. The molecule has 2 aromatic rings. The smallest absolute Gasteiger partial charge is 0.270 e. The van der Waals surface area contributed by atoms with Gasteiger partial charge in [0.2, 0.25) is 11.8 Å². The van der Waals surface area contributed by atoms with Crippen LogP contribution in [0.1, 0.15) is 22.3 Å². The highest BCUT2D eigenvalue weighted by molar-refractivity contribution is 5.92. The fraction of sp³-hybridized carbons (Fsp3) is 0.500. The van der Waals surface area contributed by atoms with E-state index in [4.69, 9.17) is 4.42 Å². The maximum atomic E-state index is 12.2. The van der Waals surface area contributed by atoms with Crippen LogP contribution in [0.25, 0.3) is 0 Å². The molecule has 3 rings (SSSR count). The minimum Gasteiger partial charge on any atom is -0.424 e. The molecule has 1 saturated heterocycles. The monoisotopic (exact) mass is 317 g/mol. The second kappa shape index (κ2) is 6.69. The van der Waals surface area contributed by atoms with Crippen molar-refractivity contribution in [1.82, 2.24) is 30.4 Å². The SMILES string of the molecule is Cc1nnc(CNC(=O)c2cc(N3CCN(C)CC3)ncn2)o1. The number of piperazine rings is 1. The summed E-state index contributed by atoms with van der Waals surface area (Å²) < 4.78 is 5.22. The number of nitrogens with one attached hydrogen (secondary N) is 1. The Bertz CT molecular complexity index is 679. The maximum Gasteiger partial charge on any atom is 0.270 e. The van der Waals surface area contributed by atoms with E-state index in [2.05, 4.69) is 42.3 Å². The Morgan fingerprint density at radius 1 is 1.26 bits per heavy atom. The fourth-order valence-electron chi connectivity index (χ4n) is 2.34. The molecule has 0 atom stereocenters. The molecule has 9 nitrogen and oxygen atoms in total. The van der Waals surface area contributed by atoms with Crippen molar-refractivity contribution in [2.45, 2.75) is 13.5 Å². The number of likely N-dealkylation sites (N-methyl/N-ethyl adjacent to an activating group) is 1. The number of rotatable bonds is 4. The van der Waals surface area contributed by atoms with Gasteiger partial charge in [-0.05, 0) is 7.05 Å². The van der Waals surface area contributed by atoms with Crippen LogP contribution in [0.4, 0.5) is 5.82 Å². The zero-order valence-corrected chi connectivity index (χ0v) is 13.2. The van der Waals surface area contributed by atoms with Gasteiger partial charge >= 0.3 is 0 Å². The third-order valence-corrected chi connectivity index (χ3v) is 3.68. The number of anilines is 1. The minimum absolute atomic E-state index is 0.174. The van der Waals surface area contributed by atoms with Gasteiger partial charge in [-0.25, -0.2) is 9.97 Å². The Morgan fingerprint density at radius 3 is 2.74 bits per heavy atom. The summed E-state index contributed by atoms with van der Waals surface area (Å²) in [5.74, 6) is 1.31. The molecular weight excluding hydrogens is 298 g/mol. The first-order chi connectivity index (χ1) is 11.1. The molecule has 0 saturated carbocycles. The van der Waals surface area contributed by atoms with E-state index in [1.807, 2.05) is 0 Å². The van der Waals surface area contributed by atoms with Gasteiger partial charge in [0.25, 0.3) is 5.91 Å². The average molecular weight is 317 g/mol. The lowest BCUT2D eigenvalue weighted by Crippen LogP contribution is -2.44. The Balaban J connectivity index is 1.63. The van der Waals surface area contributed by atoms with Gasteiger partial charge in [-0.15, -0.1) is 10.2 Å². The van der Waals surface area contributed by atoms with E-state index in [-0.39, 0.29) is 12.5 Å². The van der Waals surface area contributed by atoms with Gasteiger partial charge in [0.15, 0.2) is 0 Å². The number of carbonyl (C=O) groups excluding carboxylic acids is 1. The number of amides is 1. The third-order valence-electron chi connectivity index (χ3n) is 3.68. The van der Waals surface area contributed by atoms with Gasteiger partial charge in [0, 0.05) is 39.2 Å². The Hall–Kier alpha value is -2.55. The number of aryl methyl sites for hydroxylation is 1. The quantitative estimate of drug-likeness (QED) is 0.831. The Labute approximate surface area is 133 Å². The standard InChI is InChI=1S/C14H19N7O2/c1-10-18-19-13(23-10)8-15-14(22)11-7-12(17-9-16-11)21-5-3-20(2)4-6-21/h7,9H,3-6,8H2,1-2H3,(H,15,22). The van der Waals surface area contributed by atoms with Crippen LogP contribution in [0.15, 0.2) is 16.8 Å². The molecule has 1 N–H and O–H groups in total. The molecule has 0 spiro atoms. The van der Waals surface area contributed by atoms with Gasteiger partial charge < -0.3 is 19.5 Å². The lowest BCUT2D eigenvalue weighted by atomic mass is 10.3. The molecule has 3 heterocycles. The van der Waals surface area contributed by atoms with E-state index < -0.39 is 0 Å². The highest BCUT2D eigenvalue weighted by Gasteiger charge is 2.17. The van der Waals surface area contributed by atoms with Crippen molar-refractivity contribution in [2.24, 2.45) is 0 Å². The molecule has 1 aliphatic heterocycles. The van der Waals surface area contributed by atoms with Gasteiger partial charge in [-0.3, -0.25) is 4.79 Å². The van der Waals surface area contributed by atoms with Crippen LogP contribution in [-0.2, 0) is 6.54 Å². The zero-order valence-electron chi connectivity index (χ0n) is 13.2. The molecule has 1 fully saturated rings. The first kappa shape index (κ1) is 15.3. The van der Waals surface area contributed by atoms with Crippen molar-refractivity contribution >= 4 is 11.7 Å². The number of nitrogens with zero attached hydrogens (tertiary/aromatic N) is 6. The maximum absolute atomic E-state index is 12.2. The molecule has 122 valence electrons. The number of aromatic nitrogens is 4. The van der Waals surface area contributed by atoms with Crippen LogP contribution in [0, 0.1) is 6.92 Å². The van der Waals surface area contributed by atoms with Crippen molar-refractivity contribution in [2.75, 3.05) is 38.1 Å². The Morgan fingerprint density at radius 2 is 2.04 bits per heavy atom. The van der Waals surface area contributed by atoms with Gasteiger partial charge in [-0.1, -0.05) is 0 Å². The van der Waals surface area contributed by atoms with E-state index in [1.165, 1.54) is 6.33 Å². The predicted octanol–water partition coefficient (Wildman–Crippen LogP) is -0.150. The van der Waals surface area contributed by atoms with E-state index in [1.54, 1.807) is 13.0 Å². The first-order valence-electron chi connectivity index (χ1n) is 7.44. The number of hydrogen-bond donors (Lipinski definition) is 1. The first-order valence-corrected chi connectivity index (χ1v) is 7.44. The summed E-state index contributed by atoms with van der Waals surface area (Å²) in [5, 5.41) is 10.3. The van der Waals surface area contributed by atoms with E-state index in [0.29, 0.717) is 17.5 Å². The third kappa shape index (κ3) is 3.81. The molecule has 0 bridgehead atoms. The number of hydrogen-bond acceptors (Lipinski definition) is 8. The van der Waals surface area contributed by atoms with Crippen molar-refractivity contribution in [1.29, 1.82) is 0 Å². The molecule has 9 heteroatoms. The summed E-state index contributed by atoms with van der Waals surface area (Å²) in [5.41, 5.74) is 0.324. The fourth-order valence-corrected chi connectivity index (χ4v) is 2.34. The Kier molecular flexibility index (Phi) is 4.47. The van der Waals surface area contributed by atoms with Crippen LogP contribution >= 0.6 is 0 Å². The molecular formula is C14H19N7O2. The molecule has 0 aromatic carbocycles. The highest BCUT2D eigenvalue weighted by Crippen LogP contribution is 2.13.